The molecule has 0 radical (unpaired) electrons. The number of esters is 3. The van der Waals surface area contributed by atoms with Crippen LogP contribution < -0.4 is 0 Å². The van der Waals surface area contributed by atoms with Crippen LogP contribution in [0.25, 0.3) is 0 Å². The van der Waals surface area contributed by atoms with Gasteiger partial charge in [-0.05, 0) is 83.5 Å². The molecule has 430 valence electrons. The topological polar surface area (TPSA) is 78.9 Å². The van der Waals surface area contributed by atoms with Gasteiger partial charge in [0.1, 0.15) is 13.2 Å². The number of carbonyl (C=O) groups is 3. The fraction of sp³-hybridized carbons (Fsp3) is 0.725. The van der Waals surface area contributed by atoms with Crippen molar-refractivity contribution in [3.05, 3.63) is 97.2 Å². The van der Waals surface area contributed by atoms with Crippen molar-refractivity contribution in [3.8, 4) is 0 Å². The van der Waals surface area contributed by atoms with Crippen LogP contribution >= 0.6 is 0 Å². The van der Waals surface area contributed by atoms with E-state index in [1.807, 2.05) is 0 Å². The van der Waals surface area contributed by atoms with Gasteiger partial charge < -0.3 is 14.2 Å². The number of unbranched alkanes of at least 4 members (excludes halogenated alkanes) is 30. The zero-order valence-corrected chi connectivity index (χ0v) is 49.3. The van der Waals surface area contributed by atoms with Crippen LogP contribution in [0.15, 0.2) is 97.2 Å². The first-order valence-corrected chi connectivity index (χ1v) is 31.7. The molecule has 0 aliphatic rings. The van der Waals surface area contributed by atoms with Crippen LogP contribution in [-0.4, -0.2) is 37.2 Å². The third kappa shape index (κ3) is 61.1. The van der Waals surface area contributed by atoms with Crippen LogP contribution in [0.3, 0.4) is 0 Å². The minimum Gasteiger partial charge on any atom is -0.462 e. The summed E-state index contributed by atoms with van der Waals surface area (Å²) in [5.41, 5.74) is 0. The first kappa shape index (κ1) is 71.3. The van der Waals surface area contributed by atoms with Crippen molar-refractivity contribution < 1.29 is 28.6 Å². The van der Waals surface area contributed by atoms with E-state index in [1.54, 1.807) is 0 Å². The molecule has 6 heteroatoms. The number of hydrogen-bond donors (Lipinski definition) is 0. The maximum Gasteiger partial charge on any atom is 0.306 e. The van der Waals surface area contributed by atoms with Crippen molar-refractivity contribution in [2.24, 2.45) is 0 Å². The Bertz CT molecular complexity index is 1480. The van der Waals surface area contributed by atoms with Crippen LogP contribution in [0.1, 0.15) is 303 Å². The molecule has 0 aromatic rings. The van der Waals surface area contributed by atoms with Gasteiger partial charge in [0.15, 0.2) is 6.10 Å². The number of carbonyl (C=O) groups excluding carboxylic acids is 3. The molecule has 75 heavy (non-hydrogen) atoms. The van der Waals surface area contributed by atoms with E-state index in [2.05, 4.69) is 118 Å². The van der Waals surface area contributed by atoms with Crippen LogP contribution in [0.4, 0.5) is 0 Å². The smallest absolute Gasteiger partial charge is 0.306 e. The van der Waals surface area contributed by atoms with Crippen molar-refractivity contribution >= 4 is 17.9 Å². The Kier molecular flexibility index (Phi) is 59.8. The van der Waals surface area contributed by atoms with Gasteiger partial charge in [0.2, 0.25) is 0 Å². The third-order valence-electron chi connectivity index (χ3n) is 13.6. The highest BCUT2D eigenvalue weighted by Crippen LogP contribution is 2.17. The van der Waals surface area contributed by atoms with Crippen LogP contribution in [-0.2, 0) is 28.6 Å². The first-order chi connectivity index (χ1) is 37.0. The van der Waals surface area contributed by atoms with E-state index in [4.69, 9.17) is 14.2 Å². The van der Waals surface area contributed by atoms with Crippen LogP contribution in [0, 0.1) is 0 Å². The normalized spacial score (nSPS) is 12.7. The lowest BCUT2D eigenvalue weighted by Gasteiger charge is -2.18. The third-order valence-corrected chi connectivity index (χ3v) is 13.6. The Hall–Kier alpha value is -3.67. The van der Waals surface area contributed by atoms with Crippen LogP contribution in [0.2, 0.25) is 0 Å². The molecule has 0 heterocycles. The van der Waals surface area contributed by atoms with Gasteiger partial charge in [-0.25, -0.2) is 0 Å². The van der Waals surface area contributed by atoms with Gasteiger partial charge in [0, 0.05) is 19.3 Å². The Balaban J connectivity index is 4.37. The van der Waals surface area contributed by atoms with E-state index >= 15 is 0 Å². The number of rotatable bonds is 57. The Labute approximate surface area is 464 Å². The molecule has 6 nitrogen and oxygen atoms in total. The molecule has 0 bridgehead atoms. The SMILES string of the molecule is CC/C=C\C/C=C\C/C=C\C/C=C\C/C=C\C/C=C\C/C=C\C/C=C\CCCCC(=O)OCC(COC(=O)CCCCCCCCCCCCC)OC(=O)CCCCCCCCCCCCCCCCCCCCC. The second-order valence-electron chi connectivity index (χ2n) is 21.0. The summed E-state index contributed by atoms with van der Waals surface area (Å²) in [5.74, 6) is -0.922. The Morgan fingerprint density at radius 2 is 0.520 bits per heavy atom. The van der Waals surface area contributed by atoms with Crippen molar-refractivity contribution in [1.82, 2.24) is 0 Å². The second-order valence-corrected chi connectivity index (χ2v) is 21.0. The van der Waals surface area contributed by atoms with Gasteiger partial charge >= 0.3 is 17.9 Å². The molecule has 0 aliphatic heterocycles. The van der Waals surface area contributed by atoms with Crippen molar-refractivity contribution in [1.29, 1.82) is 0 Å². The minimum absolute atomic E-state index is 0.0876. The number of hydrogen-bond acceptors (Lipinski definition) is 6. The fourth-order valence-electron chi connectivity index (χ4n) is 8.87. The predicted molar refractivity (Wildman–Crippen MR) is 325 cm³/mol. The predicted octanol–water partition coefficient (Wildman–Crippen LogP) is 21.7. The average Bonchev–Trinajstić information content (AvgIpc) is 3.41. The Morgan fingerprint density at radius 3 is 0.813 bits per heavy atom. The van der Waals surface area contributed by atoms with E-state index < -0.39 is 6.10 Å². The first-order valence-electron chi connectivity index (χ1n) is 31.7. The van der Waals surface area contributed by atoms with E-state index in [9.17, 15) is 14.4 Å². The molecule has 0 aromatic heterocycles. The number of ether oxygens (including phenoxy) is 3. The standard InChI is InChI=1S/C69H118O6/c1-4-7-10-13-16-19-22-24-26-28-30-31-32-33-34-35-36-37-39-40-42-44-47-50-53-56-59-62-68(71)74-65-66(64-73-67(70)61-58-55-52-49-46-21-18-15-12-9-6-3)75-69(72)63-60-57-54-51-48-45-43-41-38-29-27-25-23-20-17-14-11-8-5-2/h7,10,16,19,24,26,30-31,33-34,36-37,40,42,47,50,66H,4-6,8-9,11-15,17-18,20-23,25,27-29,32,35,38-39,41,43-46,48-49,51-65H2,1-3H3/b10-7-,19-16-,26-24-,31-30-,34-33-,37-36-,42-40-,50-47-. The molecule has 1 unspecified atom stereocenters. The highest BCUT2D eigenvalue weighted by atomic mass is 16.6. The molecule has 1 atom stereocenters. The van der Waals surface area contributed by atoms with Gasteiger partial charge in [0.05, 0.1) is 0 Å². The molecule has 0 rings (SSSR count). The van der Waals surface area contributed by atoms with Gasteiger partial charge in [-0.2, -0.15) is 0 Å². The Morgan fingerprint density at radius 1 is 0.280 bits per heavy atom. The van der Waals surface area contributed by atoms with Crippen LogP contribution in [0.5, 0.6) is 0 Å². The lowest BCUT2D eigenvalue weighted by Crippen LogP contribution is -2.30. The van der Waals surface area contributed by atoms with Gasteiger partial charge in [-0.1, -0.05) is 298 Å². The van der Waals surface area contributed by atoms with Gasteiger partial charge in [0.25, 0.3) is 0 Å². The summed E-state index contributed by atoms with van der Waals surface area (Å²) in [7, 11) is 0. The molecular weight excluding hydrogens is 925 g/mol. The van der Waals surface area contributed by atoms with E-state index in [1.165, 1.54) is 154 Å². The highest BCUT2D eigenvalue weighted by molar-refractivity contribution is 5.71. The molecule has 0 saturated heterocycles. The summed E-state index contributed by atoms with van der Waals surface area (Å²) >= 11 is 0. The monoisotopic (exact) mass is 1040 g/mol. The van der Waals surface area contributed by atoms with E-state index in [-0.39, 0.29) is 31.1 Å². The quantitative estimate of drug-likeness (QED) is 0.0261. The zero-order chi connectivity index (χ0) is 54.3. The highest BCUT2D eigenvalue weighted by Gasteiger charge is 2.19. The molecular formula is C69H118O6. The summed E-state index contributed by atoms with van der Waals surface area (Å²) in [6.45, 7) is 6.51. The van der Waals surface area contributed by atoms with E-state index in [0.717, 1.165) is 109 Å². The molecule has 0 fully saturated rings. The minimum atomic E-state index is -0.793. The molecule has 0 aliphatic carbocycles. The lowest BCUT2D eigenvalue weighted by molar-refractivity contribution is -0.167. The van der Waals surface area contributed by atoms with Gasteiger partial charge in [-0.3, -0.25) is 14.4 Å². The fourth-order valence-corrected chi connectivity index (χ4v) is 8.87. The molecule has 0 aromatic carbocycles. The number of allylic oxidation sites excluding steroid dienone is 16. The largest absolute Gasteiger partial charge is 0.462 e. The van der Waals surface area contributed by atoms with Crippen molar-refractivity contribution in [2.75, 3.05) is 13.2 Å². The summed E-state index contributed by atoms with van der Waals surface area (Å²) in [5, 5.41) is 0. The average molecular weight is 1040 g/mol. The maximum absolute atomic E-state index is 12.9. The molecule has 0 amide bonds. The van der Waals surface area contributed by atoms with E-state index in [0.29, 0.717) is 19.3 Å². The summed E-state index contributed by atoms with van der Waals surface area (Å²) in [4.78, 5) is 38.2. The lowest BCUT2D eigenvalue weighted by atomic mass is 10.0. The molecule has 0 N–H and O–H groups in total. The van der Waals surface area contributed by atoms with Gasteiger partial charge in [-0.15, -0.1) is 0 Å². The zero-order valence-electron chi connectivity index (χ0n) is 49.3. The van der Waals surface area contributed by atoms with Crippen molar-refractivity contribution in [2.45, 2.75) is 309 Å². The second kappa shape index (κ2) is 62.9. The maximum atomic E-state index is 12.9. The molecule has 0 saturated carbocycles. The summed E-state index contributed by atoms with van der Waals surface area (Å²) in [6.07, 6.45) is 84.2. The summed E-state index contributed by atoms with van der Waals surface area (Å²) < 4.78 is 16.9. The molecule has 0 spiro atoms. The van der Waals surface area contributed by atoms with Crippen molar-refractivity contribution in [3.63, 3.8) is 0 Å². The summed E-state index contributed by atoms with van der Waals surface area (Å²) in [6, 6.07) is 0.